The Kier molecular flexibility index (Phi) is 6.95. The van der Waals surface area contributed by atoms with Crippen molar-refractivity contribution >= 4 is 7.75 Å². The molecule has 0 bridgehead atoms. The zero-order valence-electron chi connectivity index (χ0n) is 11.1. The van der Waals surface area contributed by atoms with Crippen LogP contribution in [-0.4, -0.2) is 38.9 Å². The fourth-order valence-corrected chi connectivity index (χ4v) is 3.71. The molecule has 19 heavy (non-hydrogen) atoms. The van der Waals surface area contributed by atoms with Gasteiger partial charge in [0.15, 0.2) is 0 Å². The molecule has 0 rings (SSSR count). The van der Waals surface area contributed by atoms with Crippen LogP contribution in [0.5, 0.6) is 0 Å². The van der Waals surface area contributed by atoms with Crippen molar-refractivity contribution in [1.82, 2.24) is 4.67 Å². The lowest BCUT2D eigenvalue weighted by Crippen LogP contribution is -2.49. The molecule has 0 aliphatic rings. The average Bonchev–Trinajstić information content (AvgIpc) is 2.09. The van der Waals surface area contributed by atoms with Crippen molar-refractivity contribution in [2.24, 2.45) is 0 Å². The van der Waals surface area contributed by atoms with Gasteiger partial charge in [0.1, 0.15) is 0 Å². The van der Waals surface area contributed by atoms with Crippen molar-refractivity contribution in [2.45, 2.75) is 64.5 Å². The van der Waals surface area contributed by atoms with Crippen molar-refractivity contribution in [3.8, 4) is 0 Å². The minimum Gasteiger partial charge on any atom is -0.312 e. The van der Waals surface area contributed by atoms with Gasteiger partial charge in [0.2, 0.25) is 12.9 Å². The number of alkyl halides is 4. The summed E-state index contributed by atoms with van der Waals surface area (Å²) in [4.78, 5) is 18.5. The lowest BCUT2D eigenvalue weighted by Gasteiger charge is -2.43. The molecule has 116 valence electrons. The second-order valence-corrected chi connectivity index (χ2v) is 6.43. The Hall–Kier alpha value is -0.170. The smallest absolute Gasteiger partial charge is 0.312 e. The maximum absolute atomic E-state index is 12.6. The molecule has 0 aromatic heterocycles. The van der Waals surface area contributed by atoms with Gasteiger partial charge in [0.05, 0.1) is 0 Å². The van der Waals surface area contributed by atoms with Gasteiger partial charge in [0.25, 0.3) is 0 Å². The van der Waals surface area contributed by atoms with Gasteiger partial charge >= 0.3 is 7.75 Å². The molecule has 0 fully saturated rings. The fraction of sp³-hybridized carbons (Fsp3) is 1.00. The highest BCUT2D eigenvalue weighted by Gasteiger charge is 2.45. The van der Waals surface area contributed by atoms with Crippen molar-refractivity contribution in [2.75, 3.05) is 0 Å². The third-order valence-corrected chi connectivity index (χ3v) is 4.32. The van der Waals surface area contributed by atoms with Crippen molar-refractivity contribution in [3.63, 3.8) is 0 Å². The second-order valence-electron chi connectivity index (χ2n) is 4.97. The molecule has 0 aromatic rings. The van der Waals surface area contributed by atoms with Crippen LogP contribution >= 0.6 is 7.75 Å². The molecular formula is C10H20F4NO3P. The van der Waals surface area contributed by atoms with Crippen LogP contribution < -0.4 is 0 Å². The molecule has 0 aromatic carbocycles. The van der Waals surface area contributed by atoms with Crippen LogP contribution in [-0.2, 0) is 4.57 Å². The third kappa shape index (κ3) is 6.21. The first-order valence-corrected chi connectivity index (χ1v) is 7.38. The van der Waals surface area contributed by atoms with Crippen LogP contribution in [0.2, 0.25) is 0 Å². The lowest BCUT2D eigenvalue weighted by atomic mass is 9.91. The summed E-state index contributed by atoms with van der Waals surface area (Å²) in [6, 6.07) is -0.748. The minimum absolute atomic E-state index is 0.418. The van der Waals surface area contributed by atoms with Crippen LogP contribution in [0.1, 0.15) is 40.0 Å². The Labute approximate surface area is 110 Å². The quantitative estimate of drug-likeness (QED) is 0.534. The summed E-state index contributed by atoms with van der Waals surface area (Å²) in [7, 11) is -4.81. The molecular weight excluding hydrogens is 289 g/mol. The maximum Gasteiger partial charge on any atom is 0.403 e. The number of hydrogen-bond acceptors (Lipinski definition) is 1. The van der Waals surface area contributed by atoms with Crippen LogP contribution in [0.15, 0.2) is 0 Å². The first-order valence-electron chi connectivity index (χ1n) is 5.82. The van der Waals surface area contributed by atoms with Crippen LogP contribution in [0.3, 0.4) is 0 Å². The molecule has 0 heterocycles. The van der Waals surface area contributed by atoms with Crippen molar-refractivity contribution < 1.29 is 31.9 Å². The summed E-state index contributed by atoms with van der Waals surface area (Å²) < 4.78 is 61.8. The molecule has 1 unspecified atom stereocenters. The van der Waals surface area contributed by atoms with E-state index in [-0.39, 0.29) is 0 Å². The normalized spacial score (nSPS) is 16.7. The van der Waals surface area contributed by atoms with Crippen molar-refractivity contribution in [1.29, 1.82) is 0 Å². The van der Waals surface area contributed by atoms with E-state index in [1.54, 1.807) is 0 Å². The molecule has 0 saturated carbocycles. The van der Waals surface area contributed by atoms with Gasteiger partial charge in [-0.1, -0.05) is 0 Å². The van der Waals surface area contributed by atoms with E-state index in [1.807, 2.05) is 0 Å². The molecule has 1 atom stereocenters. The molecule has 9 heteroatoms. The number of nitrogens with zero attached hydrogens (tertiary/aromatic N) is 1. The Bertz CT molecular complexity index is 324. The first kappa shape index (κ1) is 18.8. The fourth-order valence-electron chi connectivity index (χ4n) is 2.30. The summed E-state index contributed by atoms with van der Waals surface area (Å²) in [6.07, 6.45) is -7.52. The molecule has 4 nitrogen and oxygen atoms in total. The van der Waals surface area contributed by atoms with Gasteiger partial charge in [-0.05, 0) is 27.2 Å². The monoisotopic (exact) mass is 309 g/mol. The first-order chi connectivity index (χ1) is 8.40. The van der Waals surface area contributed by atoms with Crippen molar-refractivity contribution in [3.05, 3.63) is 0 Å². The van der Waals surface area contributed by atoms with E-state index in [9.17, 15) is 31.9 Å². The standard InChI is InChI=1S/C10H20F4NO3P/c1-7(2)15(19(16,17)18)10(3,6-9(13)14)5-4-8(11)12/h7-9H,4-6H2,1-3H3,(H2,16,17,18). The van der Waals surface area contributed by atoms with E-state index in [0.717, 1.165) is 0 Å². The van der Waals surface area contributed by atoms with Gasteiger partial charge in [-0.2, -0.15) is 0 Å². The molecule has 0 radical (unpaired) electrons. The zero-order valence-corrected chi connectivity index (χ0v) is 12.0. The van der Waals surface area contributed by atoms with Gasteiger partial charge in [-0.3, -0.25) is 0 Å². The Morgan fingerprint density at radius 2 is 1.63 bits per heavy atom. The van der Waals surface area contributed by atoms with E-state index < -0.39 is 51.4 Å². The van der Waals surface area contributed by atoms with E-state index >= 15 is 0 Å². The summed E-state index contributed by atoms with van der Waals surface area (Å²) >= 11 is 0. The SMILES string of the molecule is CC(C)N(C(C)(CCC(F)F)CC(F)F)P(=O)(O)O. The summed E-state index contributed by atoms with van der Waals surface area (Å²) in [5, 5.41) is 0. The molecule has 2 N–H and O–H groups in total. The molecule has 0 spiro atoms. The number of hydrogen-bond donors (Lipinski definition) is 2. The van der Waals surface area contributed by atoms with E-state index in [2.05, 4.69) is 0 Å². The zero-order chi connectivity index (χ0) is 15.4. The van der Waals surface area contributed by atoms with E-state index in [1.165, 1.54) is 20.8 Å². The van der Waals surface area contributed by atoms with Crippen LogP contribution in [0.4, 0.5) is 17.6 Å². The topological polar surface area (TPSA) is 60.8 Å². The summed E-state index contributed by atoms with van der Waals surface area (Å²) in [5.74, 6) is 0. The van der Waals surface area contributed by atoms with Crippen LogP contribution in [0.25, 0.3) is 0 Å². The summed E-state index contributed by atoms with van der Waals surface area (Å²) in [6.45, 7) is 4.02. The molecule has 0 aliphatic heterocycles. The maximum atomic E-state index is 12.6. The van der Waals surface area contributed by atoms with Gasteiger partial charge < -0.3 is 9.79 Å². The molecule has 0 saturated heterocycles. The lowest BCUT2D eigenvalue weighted by molar-refractivity contribution is 0.0225. The molecule has 0 aliphatic carbocycles. The third-order valence-electron chi connectivity index (χ3n) is 2.82. The predicted molar refractivity (Wildman–Crippen MR) is 63.3 cm³/mol. The number of rotatable bonds is 8. The highest BCUT2D eigenvalue weighted by atomic mass is 31.2. The highest BCUT2D eigenvalue weighted by Crippen LogP contribution is 2.50. The summed E-state index contributed by atoms with van der Waals surface area (Å²) in [5.41, 5.74) is -1.68. The highest BCUT2D eigenvalue weighted by molar-refractivity contribution is 7.49. The van der Waals surface area contributed by atoms with E-state index in [4.69, 9.17) is 0 Å². The van der Waals surface area contributed by atoms with Gasteiger partial charge in [0, 0.05) is 24.4 Å². The Morgan fingerprint density at radius 1 is 1.16 bits per heavy atom. The van der Waals surface area contributed by atoms with Gasteiger partial charge in [-0.15, -0.1) is 0 Å². The average molecular weight is 309 g/mol. The number of halogens is 4. The Morgan fingerprint density at radius 3 is 1.89 bits per heavy atom. The second kappa shape index (κ2) is 7.02. The Balaban J connectivity index is 5.33. The predicted octanol–water partition coefficient (Wildman–Crippen LogP) is 3.25. The largest absolute Gasteiger partial charge is 0.403 e. The minimum atomic E-state index is -4.81. The van der Waals surface area contributed by atoms with Crippen LogP contribution in [0, 0.1) is 0 Å². The molecule has 0 amide bonds. The van der Waals surface area contributed by atoms with Gasteiger partial charge in [-0.25, -0.2) is 26.8 Å². The van der Waals surface area contributed by atoms with E-state index in [0.29, 0.717) is 4.67 Å².